The summed E-state index contributed by atoms with van der Waals surface area (Å²) >= 11 is 5.70. The lowest BCUT2D eigenvalue weighted by Gasteiger charge is -2.19. The summed E-state index contributed by atoms with van der Waals surface area (Å²) in [6, 6.07) is 1.36. The molecule has 150 valence electrons. The number of aliphatic hydroxyl groups is 1. The molecule has 0 spiro atoms. The number of carboxylic acids is 1. The van der Waals surface area contributed by atoms with Gasteiger partial charge >= 0.3 is 5.97 Å². The molecule has 0 atom stereocenters. The summed E-state index contributed by atoms with van der Waals surface area (Å²) in [4.78, 5) is 15.0. The highest BCUT2D eigenvalue weighted by Crippen LogP contribution is 2.17. The maximum atomic E-state index is 11.0. The van der Waals surface area contributed by atoms with E-state index in [1.54, 1.807) is 0 Å². The standard InChI is InChI=1S/C12H17ClN2O3.C6H14O2/c1-12(2,3)18-5-4-14-10-9(11(16)17)6-8(13)7-15-10;1-6(2,3)8-5-4-7/h6-7H,4-5H2,1-3H3,(H,14,15)(H,16,17);7H,4-5H2,1-3H3. The quantitative estimate of drug-likeness (QED) is 0.613. The number of hydrogen-bond donors (Lipinski definition) is 3. The van der Waals surface area contributed by atoms with Gasteiger partial charge in [-0.3, -0.25) is 0 Å². The largest absolute Gasteiger partial charge is 0.478 e. The number of rotatable bonds is 7. The summed E-state index contributed by atoms with van der Waals surface area (Å²) in [5, 5.41) is 20.5. The Labute approximate surface area is 160 Å². The summed E-state index contributed by atoms with van der Waals surface area (Å²) in [5.41, 5.74) is -0.272. The topological polar surface area (TPSA) is 101 Å². The molecule has 0 saturated heterocycles. The second-order valence-electron chi connectivity index (χ2n) is 7.43. The number of carbonyl (C=O) groups is 1. The van der Waals surface area contributed by atoms with Gasteiger partial charge in [0, 0.05) is 12.7 Å². The number of aromatic nitrogens is 1. The van der Waals surface area contributed by atoms with Gasteiger partial charge in [0.1, 0.15) is 11.4 Å². The van der Waals surface area contributed by atoms with Gasteiger partial charge in [-0.25, -0.2) is 9.78 Å². The molecule has 1 rings (SSSR count). The van der Waals surface area contributed by atoms with Crippen molar-refractivity contribution >= 4 is 23.4 Å². The summed E-state index contributed by atoms with van der Waals surface area (Å²) in [7, 11) is 0. The van der Waals surface area contributed by atoms with Crippen molar-refractivity contribution in [2.24, 2.45) is 0 Å². The fraction of sp³-hybridized carbons (Fsp3) is 0.667. The zero-order chi connectivity index (χ0) is 20.4. The van der Waals surface area contributed by atoms with Crippen molar-refractivity contribution in [1.82, 2.24) is 4.98 Å². The van der Waals surface area contributed by atoms with Gasteiger partial charge in [0.05, 0.1) is 36.0 Å². The van der Waals surface area contributed by atoms with Crippen molar-refractivity contribution in [2.75, 3.05) is 31.7 Å². The molecule has 0 aliphatic heterocycles. The molecular formula is C18H31ClN2O5. The van der Waals surface area contributed by atoms with Crippen LogP contribution < -0.4 is 5.32 Å². The fourth-order valence-corrected chi connectivity index (χ4v) is 1.78. The van der Waals surface area contributed by atoms with Crippen LogP contribution in [0.2, 0.25) is 5.02 Å². The maximum absolute atomic E-state index is 11.0. The van der Waals surface area contributed by atoms with Crippen molar-refractivity contribution in [3.05, 3.63) is 22.8 Å². The van der Waals surface area contributed by atoms with Crippen LogP contribution in [0.3, 0.4) is 0 Å². The number of aliphatic hydroxyl groups excluding tert-OH is 1. The number of anilines is 1. The van der Waals surface area contributed by atoms with Crippen molar-refractivity contribution in [2.45, 2.75) is 52.7 Å². The molecule has 0 unspecified atom stereocenters. The molecule has 1 heterocycles. The molecule has 7 nitrogen and oxygen atoms in total. The van der Waals surface area contributed by atoms with Gasteiger partial charge in [-0.05, 0) is 47.6 Å². The second-order valence-corrected chi connectivity index (χ2v) is 7.86. The van der Waals surface area contributed by atoms with Gasteiger partial charge in [0.25, 0.3) is 0 Å². The molecule has 8 heteroatoms. The molecule has 0 aliphatic rings. The normalized spacial score (nSPS) is 11.5. The first kappa shape index (κ1) is 24.6. The Kier molecular flexibility index (Phi) is 10.7. The van der Waals surface area contributed by atoms with E-state index in [2.05, 4.69) is 10.3 Å². The first-order valence-corrected chi connectivity index (χ1v) is 8.75. The molecule has 1 aromatic rings. The Hall–Kier alpha value is -1.41. The zero-order valence-corrected chi connectivity index (χ0v) is 17.2. The smallest absolute Gasteiger partial charge is 0.339 e. The number of halogens is 1. The minimum absolute atomic E-state index is 0.0539. The van der Waals surface area contributed by atoms with E-state index in [-0.39, 0.29) is 23.4 Å². The van der Waals surface area contributed by atoms with E-state index in [1.165, 1.54) is 12.3 Å². The van der Waals surface area contributed by atoms with Crippen LogP contribution in [0, 0.1) is 0 Å². The molecule has 0 aliphatic carbocycles. The Morgan fingerprint density at radius 2 is 1.69 bits per heavy atom. The van der Waals surface area contributed by atoms with Gasteiger partial charge in [-0.15, -0.1) is 0 Å². The average Bonchev–Trinajstić information content (AvgIpc) is 2.49. The highest BCUT2D eigenvalue weighted by atomic mass is 35.5. The van der Waals surface area contributed by atoms with Gasteiger partial charge in [-0.1, -0.05) is 11.6 Å². The maximum Gasteiger partial charge on any atom is 0.339 e. The van der Waals surface area contributed by atoms with Crippen LogP contribution in [0.25, 0.3) is 0 Å². The zero-order valence-electron chi connectivity index (χ0n) is 16.4. The summed E-state index contributed by atoms with van der Waals surface area (Å²) in [6.45, 7) is 13.2. The minimum Gasteiger partial charge on any atom is -0.478 e. The van der Waals surface area contributed by atoms with E-state index >= 15 is 0 Å². The lowest BCUT2D eigenvalue weighted by molar-refractivity contribution is -0.0199. The van der Waals surface area contributed by atoms with Gasteiger partial charge < -0.3 is 25.0 Å². The molecule has 1 aromatic heterocycles. The van der Waals surface area contributed by atoms with Gasteiger partial charge in [0.2, 0.25) is 0 Å². The number of nitrogens with one attached hydrogen (secondary N) is 1. The number of nitrogens with zero attached hydrogens (tertiary/aromatic N) is 1. The lowest BCUT2D eigenvalue weighted by Crippen LogP contribution is -2.23. The predicted molar refractivity (Wildman–Crippen MR) is 103 cm³/mol. The van der Waals surface area contributed by atoms with E-state index < -0.39 is 5.97 Å². The SMILES string of the molecule is CC(C)(C)OCCNc1ncc(Cl)cc1C(=O)O.CC(C)(C)OCCO. The van der Waals surface area contributed by atoms with E-state index in [1.807, 2.05) is 41.5 Å². The van der Waals surface area contributed by atoms with Crippen LogP contribution in [0.15, 0.2) is 12.3 Å². The molecule has 0 bridgehead atoms. The Balaban J connectivity index is 0.000000660. The number of hydrogen-bond acceptors (Lipinski definition) is 6. The molecule has 0 amide bonds. The number of pyridine rings is 1. The number of ether oxygens (including phenoxy) is 2. The fourth-order valence-electron chi connectivity index (χ4n) is 1.62. The lowest BCUT2D eigenvalue weighted by atomic mass is 10.2. The van der Waals surface area contributed by atoms with Crippen molar-refractivity contribution in [3.63, 3.8) is 0 Å². The molecule has 0 aromatic carbocycles. The first-order valence-electron chi connectivity index (χ1n) is 8.37. The van der Waals surface area contributed by atoms with Crippen LogP contribution in [-0.2, 0) is 9.47 Å². The van der Waals surface area contributed by atoms with E-state index in [9.17, 15) is 4.79 Å². The van der Waals surface area contributed by atoms with E-state index in [0.717, 1.165) is 0 Å². The predicted octanol–water partition coefficient (Wildman–Crippen LogP) is 3.45. The number of aromatic carboxylic acids is 1. The average molecular weight is 391 g/mol. The summed E-state index contributed by atoms with van der Waals surface area (Å²) in [6.07, 6.45) is 1.40. The number of carboxylic acid groups (broad SMARTS) is 1. The Morgan fingerprint density at radius 3 is 2.12 bits per heavy atom. The molecule has 0 saturated carbocycles. The first-order chi connectivity index (χ1) is 11.9. The third kappa shape index (κ3) is 12.9. The molecule has 0 radical (unpaired) electrons. The second kappa shape index (κ2) is 11.3. The van der Waals surface area contributed by atoms with Crippen LogP contribution in [0.1, 0.15) is 51.9 Å². The Bertz CT molecular complexity index is 553. The molecular weight excluding hydrogens is 360 g/mol. The van der Waals surface area contributed by atoms with Gasteiger partial charge in [-0.2, -0.15) is 0 Å². The summed E-state index contributed by atoms with van der Waals surface area (Å²) in [5.74, 6) is -0.770. The van der Waals surface area contributed by atoms with Crippen LogP contribution in [-0.4, -0.2) is 58.7 Å². The third-order valence-corrected chi connectivity index (χ3v) is 2.85. The Morgan fingerprint density at radius 1 is 1.15 bits per heavy atom. The third-order valence-electron chi connectivity index (χ3n) is 2.64. The van der Waals surface area contributed by atoms with Crippen molar-refractivity contribution in [1.29, 1.82) is 0 Å². The minimum atomic E-state index is -1.07. The molecule has 26 heavy (non-hydrogen) atoms. The van der Waals surface area contributed by atoms with E-state index in [4.69, 9.17) is 31.3 Å². The highest BCUT2D eigenvalue weighted by Gasteiger charge is 2.13. The van der Waals surface area contributed by atoms with Crippen LogP contribution >= 0.6 is 11.6 Å². The van der Waals surface area contributed by atoms with E-state index in [0.29, 0.717) is 30.6 Å². The highest BCUT2D eigenvalue weighted by molar-refractivity contribution is 6.30. The monoisotopic (exact) mass is 390 g/mol. The molecule has 0 fully saturated rings. The summed E-state index contributed by atoms with van der Waals surface area (Å²) < 4.78 is 10.6. The van der Waals surface area contributed by atoms with Crippen LogP contribution in [0.4, 0.5) is 5.82 Å². The van der Waals surface area contributed by atoms with Crippen LogP contribution in [0.5, 0.6) is 0 Å². The van der Waals surface area contributed by atoms with Crippen molar-refractivity contribution < 1.29 is 24.5 Å². The van der Waals surface area contributed by atoms with Crippen molar-refractivity contribution in [3.8, 4) is 0 Å². The van der Waals surface area contributed by atoms with Gasteiger partial charge in [0.15, 0.2) is 0 Å². The molecule has 3 N–H and O–H groups in total.